The molecule has 2 fully saturated rings. The first-order valence-electron chi connectivity index (χ1n) is 12.8. The molecule has 2 aliphatic rings. The van der Waals surface area contributed by atoms with Crippen LogP contribution in [0.3, 0.4) is 0 Å². The van der Waals surface area contributed by atoms with E-state index in [0.29, 0.717) is 50.4 Å². The minimum absolute atomic E-state index is 0. The number of halogens is 8. The van der Waals surface area contributed by atoms with Crippen LogP contribution in [-0.2, 0) is 28.4 Å². The summed E-state index contributed by atoms with van der Waals surface area (Å²) in [5.41, 5.74) is -1.61. The van der Waals surface area contributed by atoms with Gasteiger partial charge in [0.25, 0.3) is 0 Å². The van der Waals surface area contributed by atoms with E-state index in [-0.39, 0.29) is 41.9 Å². The van der Waals surface area contributed by atoms with Gasteiger partial charge in [0.05, 0.1) is 11.1 Å². The van der Waals surface area contributed by atoms with E-state index >= 15 is 0 Å². The van der Waals surface area contributed by atoms with Crippen molar-refractivity contribution < 1.29 is 40.3 Å². The third-order valence-electron chi connectivity index (χ3n) is 7.74. The molecule has 4 rings (SSSR count). The number of aryl methyl sites for hydroxylation is 1. The number of amides is 1. The summed E-state index contributed by atoms with van der Waals surface area (Å²) in [4.78, 5) is 17.2. The maximum Gasteiger partial charge on any atom is 0.416 e. The van der Waals surface area contributed by atoms with E-state index < -0.39 is 41.8 Å². The van der Waals surface area contributed by atoms with Gasteiger partial charge < -0.3 is 9.64 Å². The van der Waals surface area contributed by atoms with Crippen molar-refractivity contribution in [2.45, 2.75) is 57.0 Å². The molecule has 0 bridgehead atoms. The van der Waals surface area contributed by atoms with Crippen molar-refractivity contribution in [2.75, 3.05) is 33.4 Å². The van der Waals surface area contributed by atoms with E-state index in [4.69, 9.17) is 4.74 Å². The number of benzene rings is 2. The number of ether oxygens (including phenoxy) is 1. The Bertz CT molecular complexity index is 1150. The van der Waals surface area contributed by atoms with Crippen LogP contribution in [-0.4, -0.2) is 55.1 Å². The topological polar surface area (TPSA) is 32.8 Å². The summed E-state index contributed by atoms with van der Waals surface area (Å²) in [6.45, 7) is 3.78. The van der Waals surface area contributed by atoms with Gasteiger partial charge in [-0.25, -0.2) is 4.39 Å². The van der Waals surface area contributed by atoms with Crippen LogP contribution >= 0.6 is 12.4 Å². The van der Waals surface area contributed by atoms with Crippen LogP contribution in [0.5, 0.6) is 0 Å². The molecule has 40 heavy (non-hydrogen) atoms. The van der Waals surface area contributed by atoms with Gasteiger partial charge in [0, 0.05) is 51.2 Å². The molecule has 2 heterocycles. The Kier molecular flexibility index (Phi) is 10.2. The summed E-state index contributed by atoms with van der Waals surface area (Å²) in [6.07, 6.45) is -7.78. The SMILES string of the molecule is Cc1cc(F)ccc1[C@@H]1CN(C2CCOCC2)CC[C@H]1C(=O)N(C)Cc1cc(C(F)(F)F)cc(C(F)(F)F)c1.Cl. The maximum absolute atomic E-state index is 13.9. The third kappa shape index (κ3) is 7.47. The summed E-state index contributed by atoms with van der Waals surface area (Å²) in [5.74, 6) is -1.66. The van der Waals surface area contributed by atoms with Gasteiger partial charge in [0.15, 0.2) is 0 Å². The first-order chi connectivity index (χ1) is 18.2. The van der Waals surface area contributed by atoms with Crippen LogP contribution in [0, 0.1) is 18.7 Å². The number of hydrogen-bond acceptors (Lipinski definition) is 3. The molecule has 0 radical (unpaired) electrons. The van der Waals surface area contributed by atoms with E-state index in [2.05, 4.69) is 4.90 Å². The van der Waals surface area contributed by atoms with E-state index in [0.717, 1.165) is 18.4 Å². The lowest BCUT2D eigenvalue weighted by Gasteiger charge is -2.44. The number of nitrogens with zero attached hydrogens (tertiary/aromatic N) is 2. The van der Waals surface area contributed by atoms with Crippen molar-refractivity contribution in [2.24, 2.45) is 5.92 Å². The number of alkyl halides is 6. The largest absolute Gasteiger partial charge is 0.416 e. The molecule has 0 unspecified atom stereocenters. The molecule has 4 nitrogen and oxygen atoms in total. The molecule has 2 aliphatic heterocycles. The molecule has 2 aromatic carbocycles. The van der Waals surface area contributed by atoms with Crippen molar-refractivity contribution >= 4 is 18.3 Å². The Morgan fingerprint density at radius 3 is 2.12 bits per heavy atom. The zero-order valence-corrected chi connectivity index (χ0v) is 22.9. The number of carbonyl (C=O) groups is 1. The van der Waals surface area contributed by atoms with Crippen molar-refractivity contribution in [1.29, 1.82) is 0 Å². The number of hydrogen-bond donors (Lipinski definition) is 0. The highest BCUT2D eigenvalue weighted by molar-refractivity contribution is 5.85. The van der Waals surface area contributed by atoms with Crippen LogP contribution < -0.4 is 0 Å². The molecule has 2 saturated heterocycles. The van der Waals surface area contributed by atoms with Gasteiger partial charge in [-0.15, -0.1) is 12.4 Å². The van der Waals surface area contributed by atoms with Gasteiger partial charge >= 0.3 is 12.4 Å². The van der Waals surface area contributed by atoms with Gasteiger partial charge in [-0.2, -0.15) is 26.3 Å². The van der Waals surface area contributed by atoms with Crippen molar-refractivity contribution in [3.05, 3.63) is 70.0 Å². The molecule has 1 amide bonds. The predicted molar refractivity (Wildman–Crippen MR) is 138 cm³/mol. The summed E-state index contributed by atoms with van der Waals surface area (Å²) in [7, 11) is 1.38. The Balaban J connectivity index is 0.00000441. The summed E-state index contributed by atoms with van der Waals surface area (Å²) >= 11 is 0. The van der Waals surface area contributed by atoms with Gasteiger partial charge in [-0.1, -0.05) is 6.07 Å². The van der Waals surface area contributed by atoms with Crippen LogP contribution in [0.4, 0.5) is 30.7 Å². The Morgan fingerprint density at radius 2 is 1.57 bits per heavy atom. The molecule has 0 aliphatic carbocycles. The molecule has 0 N–H and O–H groups in total. The number of carbonyl (C=O) groups excluding carboxylic acids is 1. The second-order valence-electron chi connectivity index (χ2n) is 10.4. The second-order valence-corrected chi connectivity index (χ2v) is 10.4. The molecular formula is C28H32ClF7N2O2. The first kappa shape index (κ1) is 32.1. The number of piperidine rings is 1. The fourth-order valence-corrected chi connectivity index (χ4v) is 5.77. The van der Waals surface area contributed by atoms with Gasteiger partial charge in [0.2, 0.25) is 5.91 Å². The molecule has 2 atom stereocenters. The summed E-state index contributed by atoms with van der Waals surface area (Å²) in [6, 6.07) is 6.04. The lowest BCUT2D eigenvalue weighted by atomic mass is 9.77. The van der Waals surface area contributed by atoms with Crippen molar-refractivity contribution in [1.82, 2.24) is 9.80 Å². The Morgan fingerprint density at radius 1 is 0.975 bits per heavy atom. The smallest absolute Gasteiger partial charge is 0.381 e. The average molecular weight is 597 g/mol. The maximum atomic E-state index is 13.9. The minimum atomic E-state index is -4.97. The average Bonchev–Trinajstić information content (AvgIpc) is 2.87. The monoisotopic (exact) mass is 596 g/mol. The highest BCUT2D eigenvalue weighted by Crippen LogP contribution is 2.39. The molecule has 2 aromatic rings. The van der Waals surface area contributed by atoms with Crippen LogP contribution in [0.15, 0.2) is 36.4 Å². The minimum Gasteiger partial charge on any atom is -0.381 e. The van der Waals surface area contributed by atoms with E-state index in [1.807, 2.05) is 0 Å². The number of rotatable bonds is 5. The zero-order chi connectivity index (χ0) is 28.5. The van der Waals surface area contributed by atoms with Crippen LogP contribution in [0.1, 0.15) is 53.0 Å². The predicted octanol–water partition coefficient (Wildman–Crippen LogP) is 6.84. The fourth-order valence-electron chi connectivity index (χ4n) is 5.77. The molecule has 0 saturated carbocycles. The zero-order valence-electron chi connectivity index (χ0n) is 22.1. The Hall–Kier alpha value is -2.37. The summed E-state index contributed by atoms with van der Waals surface area (Å²) in [5, 5.41) is 0. The van der Waals surface area contributed by atoms with Crippen molar-refractivity contribution in [3.63, 3.8) is 0 Å². The lowest BCUT2D eigenvalue weighted by Crippen LogP contribution is -2.50. The molecule has 12 heteroatoms. The second kappa shape index (κ2) is 12.7. The van der Waals surface area contributed by atoms with E-state index in [1.165, 1.54) is 24.1 Å². The Labute approximate surface area is 234 Å². The molecule has 0 aromatic heterocycles. The van der Waals surface area contributed by atoms with E-state index in [9.17, 15) is 35.5 Å². The standard InChI is InChI=1S/C28H31F7N2O2.ClH/c1-17-11-21(29)3-4-23(17)25-16-37(22-6-9-39-10-7-22)8-5-24(25)26(38)36(2)15-18-12-19(27(30,31)32)14-20(13-18)28(33,34)35;/h3-4,11-14,22,24-25H,5-10,15-16H2,1-2H3;1H/t24-,25+;/m1./s1. The third-order valence-corrected chi connectivity index (χ3v) is 7.74. The van der Waals surface area contributed by atoms with Gasteiger partial charge in [0.1, 0.15) is 5.82 Å². The lowest BCUT2D eigenvalue weighted by molar-refractivity contribution is -0.143. The van der Waals surface area contributed by atoms with Crippen LogP contribution in [0.2, 0.25) is 0 Å². The first-order valence-corrected chi connectivity index (χ1v) is 12.8. The van der Waals surface area contributed by atoms with Gasteiger partial charge in [-0.05, 0) is 79.8 Å². The van der Waals surface area contributed by atoms with Gasteiger partial charge in [-0.3, -0.25) is 9.69 Å². The quantitative estimate of drug-likeness (QED) is 0.355. The van der Waals surface area contributed by atoms with E-state index in [1.54, 1.807) is 13.0 Å². The highest BCUT2D eigenvalue weighted by atomic mass is 35.5. The number of likely N-dealkylation sites (tertiary alicyclic amines) is 1. The summed E-state index contributed by atoms with van der Waals surface area (Å²) < 4.78 is 99.3. The fraction of sp³-hybridized carbons (Fsp3) is 0.536. The molecule has 0 spiro atoms. The molecule has 222 valence electrons. The molecular weight excluding hydrogens is 565 g/mol. The normalized spacial score (nSPS) is 21.1. The van der Waals surface area contributed by atoms with Crippen LogP contribution in [0.25, 0.3) is 0 Å². The van der Waals surface area contributed by atoms with Crippen molar-refractivity contribution in [3.8, 4) is 0 Å². The highest BCUT2D eigenvalue weighted by Gasteiger charge is 2.40.